The molecule has 0 bridgehead atoms. The number of hydrogen-bond acceptors (Lipinski definition) is 6. The second-order valence-corrected chi connectivity index (χ2v) is 11.6. The van der Waals surface area contributed by atoms with Gasteiger partial charge in [-0.2, -0.15) is 4.31 Å². The predicted octanol–water partition coefficient (Wildman–Crippen LogP) is 4.29. The lowest BCUT2D eigenvalue weighted by atomic mass is 10.0. The van der Waals surface area contributed by atoms with E-state index < -0.39 is 22.2 Å². The van der Waals surface area contributed by atoms with Gasteiger partial charge in [-0.05, 0) is 42.8 Å². The predicted molar refractivity (Wildman–Crippen MR) is 151 cm³/mol. The topological polar surface area (TPSA) is 108 Å². The zero-order valence-electron chi connectivity index (χ0n) is 22.6. The van der Waals surface area contributed by atoms with Crippen LogP contribution in [0.2, 0.25) is 0 Å². The smallest absolute Gasteiger partial charge is 0.321 e. The maximum atomic E-state index is 13.8. The summed E-state index contributed by atoms with van der Waals surface area (Å²) in [7, 11) is -0.737. The average molecular weight is 554 g/mol. The molecule has 0 aromatic heterocycles. The lowest BCUT2D eigenvalue weighted by Gasteiger charge is -2.37. The summed E-state index contributed by atoms with van der Waals surface area (Å²) in [5.74, 6) is 0.523. The fourth-order valence-electron chi connectivity index (χ4n) is 4.59. The van der Waals surface area contributed by atoms with Crippen molar-refractivity contribution in [1.29, 1.82) is 0 Å². The minimum Gasteiger partial charge on any atom is -0.496 e. The van der Waals surface area contributed by atoms with Crippen LogP contribution in [0.1, 0.15) is 13.8 Å². The van der Waals surface area contributed by atoms with Crippen LogP contribution in [0.3, 0.4) is 0 Å². The molecule has 0 unspecified atom stereocenters. The van der Waals surface area contributed by atoms with Gasteiger partial charge < -0.3 is 24.8 Å². The number of aliphatic hydroxyl groups is 1. The molecule has 0 spiro atoms. The molecular weight excluding hydrogens is 518 g/mol. The van der Waals surface area contributed by atoms with Crippen LogP contribution in [0.5, 0.6) is 11.5 Å². The van der Waals surface area contributed by atoms with E-state index in [2.05, 4.69) is 5.32 Å². The van der Waals surface area contributed by atoms with E-state index in [1.54, 1.807) is 45.3 Å². The molecular formula is C29H35N3O6S. The molecule has 1 aliphatic heterocycles. The molecule has 2 amide bonds. The Morgan fingerprint density at radius 2 is 1.85 bits per heavy atom. The minimum atomic E-state index is -3.99. The van der Waals surface area contributed by atoms with Gasteiger partial charge in [0, 0.05) is 36.8 Å². The van der Waals surface area contributed by atoms with Crippen LogP contribution in [0.25, 0.3) is 11.1 Å². The normalized spacial score (nSPS) is 19.5. The molecule has 0 aliphatic carbocycles. The Hall–Kier alpha value is -3.60. The molecule has 3 aromatic carbocycles. The molecule has 1 heterocycles. The monoisotopic (exact) mass is 553 g/mol. The summed E-state index contributed by atoms with van der Waals surface area (Å²) in [5, 5.41) is 12.7. The van der Waals surface area contributed by atoms with Gasteiger partial charge in [-0.15, -0.1) is 0 Å². The first kappa shape index (κ1) is 28.4. The van der Waals surface area contributed by atoms with Crippen molar-refractivity contribution in [2.45, 2.75) is 30.9 Å². The van der Waals surface area contributed by atoms with E-state index in [1.165, 1.54) is 15.3 Å². The second kappa shape index (κ2) is 12.1. The molecule has 1 aliphatic rings. The number of anilines is 1. The zero-order valence-corrected chi connectivity index (χ0v) is 23.4. The third-order valence-electron chi connectivity index (χ3n) is 6.91. The largest absolute Gasteiger partial charge is 0.496 e. The molecule has 3 aromatic rings. The van der Waals surface area contributed by atoms with Crippen molar-refractivity contribution in [3.8, 4) is 22.6 Å². The van der Waals surface area contributed by atoms with E-state index in [9.17, 15) is 18.3 Å². The second-order valence-electron chi connectivity index (χ2n) is 9.78. The number of nitrogens with zero attached hydrogens (tertiary/aromatic N) is 2. The maximum Gasteiger partial charge on any atom is 0.321 e. The van der Waals surface area contributed by atoms with Crippen molar-refractivity contribution in [2.24, 2.45) is 5.92 Å². The van der Waals surface area contributed by atoms with Gasteiger partial charge in [-0.1, -0.05) is 49.4 Å². The van der Waals surface area contributed by atoms with E-state index in [4.69, 9.17) is 9.47 Å². The fourth-order valence-corrected chi connectivity index (χ4v) is 6.41. The Balaban J connectivity index is 1.72. The quantitative estimate of drug-likeness (QED) is 0.452. The molecule has 10 heteroatoms. The van der Waals surface area contributed by atoms with E-state index in [0.717, 1.165) is 11.1 Å². The summed E-state index contributed by atoms with van der Waals surface area (Å²) in [5.41, 5.74) is 2.18. The maximum absolute atomic E-state index is 13.8. The number of fused-ring (bicyclic) bond motifs is 1. The Bertz CT molecular complexity index is 1400. The third kappa shape index (κ3) is 6.19. The van der Waals surface area contributed by atoms with Crippen LogP contribution in [0.15, 0.2) is 77.7 Å². The van der Waals surface area contributed by atoms with E-state index in [-0.39, 0.29) is 42.3 Å². The van der Waals surface area contributed by atoms with Crippen LogP contribution in [-0.2, 0) is 10.0 Å². The van der Waals surface area contributed by atoms with Gasteiger partial charge in [0.2, 0.25) is 10.0 Å². The number of amides is 2. The van der Waals surface area contributed by atoms with Crippen molar-refractivity contribution >= 4 is 21.7 Å². The highest BCUT2D eigenvalue weighted by atomic mass is 32.2. The number of aliphatic hydroxyl groups excluding tert-OH is 1. The standard InChI is InChI=1S/C29H35N3O6S/c1-20-17-32(21(2)19-33)39(35,36)28-15-14-22(24-12-8-9-13-25(24)37-4)16-26(28)38-27(20)18-31(3)29(34)30-23-10-6-5-7-11-23/h5-16,20-21,27,33H,17-19H2,1-4H3,(H,30,34)/t20-,21-,27-/m0/s1. The summed E-state index contributed by atoms with van der Waals surface area (Å²) in [6.07, 6.45) is -0.535. The SMILES string of the molecule is COc1ccccc1-c1ccc2c(c1)O[C@@H](CN(C)C(=O)Nc1ccccc1)[C@@H](C)CN([C@@H](C)CO)S2(=O)=O. The number of ether oxygens (including phenoxy) is 2. The number of hydrogen-bond donors (Lipinski definition) is 2. The molecule has 3 atom stereocenters. The highest BCUT2D eigenvalue weighted by Gasteiger charge is 2.38. The number of benzene rings is 3. The first-order chi connectivity index (χ1) is 18.6. The number of methoxy groups -OCH3 is 1. The summed E-state index contributed by atoms with van der Waals surface area (Å²) < 4.78 is 40.8. The van der Waals surface area contributed by atoms with Crippen molar-refractivity contribution in [3.63, 3.8) is 0 Å². The number of urea groups is 1. The number of sulfonamides is 1. The summed E-state index contributed by atoms with van der Waals surface area (Å²) in [4.78, 5) is 14.5. The van der Waals surface area contributed by atoms with Gasteiger partial charge in [0.05, 0.1) is 20.3 Å². The van der Waals surface area contributed by atoms with Gasteiger partial charge in [0.1, 0.15) is 22.5 Å². The van der Waals surface area contributed by atoms with Crippen LogP contribution in [0.4, 0.5) is 10.5 Å². The van der Waals surface area contributed by atoms with Crippen molar-refractivity contribution in [2.75, 3.05) is 39.2 Å². The van der Waals surface area contributed by atoms with Crippen molar-refractivity contribution < 1.29 is 27.8 Å². The molecule has 9 nitrogen and oxygen atoms in total. The van der Waals surface area contributed by atoms with Crippen molar-refractivity contribution in [3.05, 3.63) is 72.8 Å². The molecule has 39 heavy (non-hydrogen) atoms. The van der Waals surface area contributed by atoms with Gasteiger partial charge in [-0.25, -0.2) is 13.2 Å². The molecule has 0 saturated carbocycles. The summed E-state index contributed by atoms with van der Waals surface area (Å²) >= 11 is 0. The van der Waals surface area contributed by atoms with Gasteiger partial charge >= 0.3 is 6.03 Å². The zero-order chi connectivity index (χ0) is 28.2. The van der Waals surface area contributed by atoms with E-state index in [0.29, 0.717) is 11.4 Å². The Morgan fingerprint density at radius 3 is 2.54 bits per heavy atom. The molecule has 208 valence electrons. The number of rotatable bonds is 7. The molecule has 0 radical (unpaired) electrons. The molecule has 0 fully saturated rings. The molecule has 4 rings (SSSR count). The van der Waals surface area contributed by atoms with Gasteiger partial charge in [0.25, 0.3) is 0 Å². The number of likely N-dealkylation sites (N-methyl/N-ethyl adjacent to an activating group) is 1. The number of carbonyl (C=O) groups is 1. The first-order valence-corrected chi connectivity index (χ1v) is 14.2. The molecule has 2 N–H and O–H groups in total. The number of carbonyl (C=O) groups excluding carboxylic acids is 1. The lowest BCUT2D eigenvalue weighted by molar-refractivity contribution is 0.0830. The Morgan fingerprint density at radius 1 is 1.15 bits per heavy atom. The van der Waals surface area contributed by atoms with Crippen LogP contribution >= 0.6 is 0 Å². The highest BCUT2D eigenvalue weighted by molar-refractivity contribution is 7.89. The average Bonchev–Trinajstić information content (AvgIpc) is 2.94. The summed E-state index contributed by atoms with van der Waals surface area (Å²) in [6.45, 7) is 3.56. The number of para-hydroxylation sites is 2. The first-order valence-electron chi connectivity index (χ1n) is 12.8. The van der Waals surface area contributed by atoms with Gasteiger partial charge in [0.15, 0.2) is 0 Å². The number of nitrogens with one attached hydrogen (secondary N) is 1. The molecule has 0 saturated heterocycles. The van der Waals surface area contributed by atoms with Crippen LogP contribution in [-0.4, -0.2) is 74.8 Å². The van der Waals surface area contributed by atoms with Crippen LogP contribution in [0, 0.1) is 5.92 Å². The Labute approximate surface area is 230 Å². The van der Waals surface area contributed by atoms with Crippen molar-refractivity contribution in [1.82, 2.24) is 9.21 Å². The van der Waals surface area contributed by atoms with Crippen LogP contribution < -0.4 is 14.8 Å². The third-order valence-corrected chi connectivity index (χ3v) is 8.93. The fraction of sp³-hybridized carbons (Fsp3) is 0.345. The van der Waals surface area contributed by atoms with E-state index >= 15 is 0 Å². The van der Waals surface area contributed by atoms with E-state index in [1.807, 2.05) is 49.4 Å². The lowest BCUT2D eigenvalue weighted by Crippen LogP contribution is -2.50. The van der Waals surface area contributed by atoms with Gasteiger partial charge in [-0.3, -0.25) is 0 Å². The highest BCUT2D eigenvalue weighted by Crippen LogP contribution is 2.38. The summed E-state index contributed by atoms with van der Waals surface area (Å²) in [6, 6.07) is 20.6. The Kier molecular flexibility index (Phi) is 8.79. The minimum absolute atomic E-state index is 0.00902.